The largest absolute Gasteiger partial charge is 0.493 e. The number of fused-ring (bicyclic) bond motifs is 1. The van der Waals surface area contributed by atoms with Gasteiger partial charge in [0, 0.05) is 5.92 Å². The van der Waals surface area contributed by atoms with E-state index in [4.69, 9.17) is 4.74 Å². The van der Waals surface area contributed by atoms with Crippen molar-refractivity contribution in [2.45, 2.75) is 19.0 Å². The van der Waals surface area contributed by atoms with Gasteiger partial charge in [-0.15, -0.1) is 0 Å². The summed E-state index contributed by atoms with van der Waals surface area (Å²) >= 11 is 0. The van der Waals surface area contributed by atoms with E-state index in [1.54, 1.807) is 12.1 Å². The van der Waals surface area contributed by atoms with E-state index < -0.39 is 6.61 Å². The highest BCUT2D eigenvalue weighted by Crippen LogP contribution is 2.50. The van der Waals surface area contributed by atoms with Crippen LogP contribution < -0.4 is 9.47 Å². The maximum absolute atomic E-state index is 12.7. The molecule has 2 aromatic carbocycles. The molecule has 1 aliphatic rings. The number of carbonyl (C=O) groups is 1. The first-order valence-corrected chi connectivity index (χ1v) is 8.18. The van der Waals surface area contributed by atoms with Crippen LogP contribution in [0.4, 0.5) is 8.78 Å². The van der Waals surface area contributed by atoms with Gasteiger partial charge in [-0.05, 0) is 42.2 Å². The SMILES string of the molecule is COc1cc([C@H]2C[C@H]2C(=O)c2nc3ccccc3[nH]2)ccc1OC(F)F. The molecule has 1 fully saturated rings. The average molecular weight is 358 g/mol. The predicted molar refractivity (Wildman–Crippen MR) is 90.9 cm³/mol. The first kappa shape index (κ1) is 16.5. The van der Waals surface area contributed by atoms with Crippen molar-refractivity contribution < 1.29 is 23.0 Å². The number of aromatic nitrogens is 2. The summed E-state index contributed by atoms with van der Waals surface area (Å²) in [6.07, 6.45) is 0.689. The van der Waals surface area contributed by atoms with Crippen molar-refractivity contribution in [3.63, 3.8) is 0 Å². The number of aromatic amines is 1. The van der Waals surface area contributed by atoms with Crippen LogP contribution in [0.25, 0.3) is 11.0 Å². The second kappa shape index (κ2) is 6.40. The maximum Gasteiger partial charge on any atom is 0.387 e. The Morgan fingerprint density at radius 1 is 1.23 bits per heavy atom. The minimum atomic E-state index is -2.92. The van der Waals surface area contributed by atoms with Gasteiger partial charge in [0.05, 0.1) is 18.1 Å². The van der Waals surface area contributed by atoms with E-state index in [0.29, 0.717) is 12.2 Å². The van der Waals surface area contributed by atoms with Crippen molar-refractivity contribution >= 4 is 16.8 Å². The van der Waals surface area contributed by atoms with Gasteiger partial charge in [-0.3, -0.25) is 4.79 Å². The zero-order valence-corrected chi connectivity index (χ0v) is 13.9. The van der Waals surface area contributed by atoms with E-state index in [0.717, 1.165) is 16.6 Å². The Labute approximate surface area is 148 Å². The van der Waals surface area contributed by atoms with Gasteiger partial charge in [0.1, 0.15) is 0 Å². The number of nitrogens with one attached hydrogen (secondary N) is 1. The fourth-order valence-electron chi connectivity index (χ4n) is 3.21. The van der Waals surface area contributed by atoms with E-state index in [9.17, 15) is 13.6 Å². The Kier molecular flexibility index (Phi) is 4.06. The number of nitrogens with zero attached hydrogens (tertiary/aromatic N) is 1. The number of ketones is 1. The molecule has 0 radical (unpaired) electrons. The normalized spacial score (nSPS) is 18.9. The predicted octanol–water partition coefficient (Wildman–Crippen LogP) is 4.16. The molecular formula is C19H16F2N2O3. The molecule has 5 nitrogen and oxygen atoms in total. The number of hydrogen-bond donors (Lipinski definition) is 1. The van der Waals surface area contributed by atoms with Crippen LogP contribution in [0.2, 0.25) is 0 Å². The molecule has 4 rings (SSSR count). The first-order valence-electron chi connectivity index (χ1n) is 8.18. The highest BCUT2D eigenvalue weighted by atomic mass is 19.3. The molecule has 2 atom stereocenters. The quantitative estimate of drug-likeness (QED) is 0.672. The van der Waals surface area contributed by atoms with Crippen molar-refractivity contribution in [3.8, 4) is 11.5 Å². The van der Waals surface area contributed by atoms with E-state index in [1.807, 2.05) is 24.3 Å². The Balaban J connectivity index is 1.53. The van der Waals surface area contributed by atoms with Gasteiger partial charge in [-0.25, -0.2) is 4.98 Å². The van der Waals surface area contributed by atoms with E-state index in [2.05, 4.69) is 14.7 Å². The van der Waals surface area contributed by atoms with Crippen LogP contribution in [0.3, 0.4) is 0 Å². The molecule has 1 heterocycles. The number of rotatable bonds is 6. The van der Waals surface area contributed by atoms with E-state index in [-0.39, 0.29) is 29.1 Å². The molecule has 1 aliphatic carbocycles. The third-order valence-electron chi connectivity index (χ3n) is 4.58. The summed E-state index contributed by atoms with van der Waals surface area (Å²) in [5.74, 6) is 0.352. The second-order valence-corrected chi connectivity index (χ2v) is 6.20. The van der Waals surface area contributed by atoms with Gasteiger partial charge in [0.25, 0.3) is 0 Å². The number of alkyl halides is 2. The summed E-state index contributed by atoms with van der Waals surface area (Å²) in [7, 11) is 1.39. The monoisotopic (exact) mass is 358 g/mol. The first-order chi connectivity index (χ1) is 12.6. The summed E-state index contributed by atoms with van der Waals surface area (Å²) < 4.78 is 34.4. The summed E-state index contributed by atoms with van der Waals surface area (Å²) in [5.41, 5.74) is 2.43. The summed E-state index contributed by atoms with van der Waals surface area (Å²) in [4.78, 5) is 20.1. The molecule has 0 amide bonds. The van der Waals surface area contributed by atoms with Crippen molar-refractivity contribution in [3.05, 3.63) is 53.9 Å². The molecule has 0 aliphatic heterocycles. The van der Waals surface area contributed by atoms with Crippen LogP contribution in [0, 0.1) is 5.92 Å². The minimum Gasteiger partial charge on any atom is -0.493 e. The number of H-pyrrole nitrogens is 1. The van der Waals surface area contributed by atoms with Crippen LogP contribution in [0.1, 0.15) is 28.5 Å². The third-order valence-corrected chi connectivity index (χ3v) is 4.58. The van der Waals surface area contributed by atoms with Gasteiger partial charge in [0.2, 0.25) is 5.78 Å². The van der Waals surface area contributed by atoms with E-state index >= 15 is 0 Å². The van der Waals surface area contributed by atoms with Crippen LogP contribution >= 0.6 is 0 Å². The number of methoxy groups -OCH3 is 1. The average Bonchev–Trinajstić information content (AvgIpc) is 3.31. The molecule has 1 aromatic heterocycles. The fourth-order valence-corrected chi connectivity index (χ4v) is 3.21. The lowest BCUT2D eigenvalue weighted by Gasteiger charge is -2.11. The second-order valence-electron chi connectivity index (χ2n) is 6.20. The van der Waals surface area contributed by atoms with Crippen LogP contribution in [0.15, 0.2) is 42.5 Å². The van der Waals surface area contributed by atoms with Crippen molar-refractivity contribution in [1.29, 1.82) is 0 Å². The minimum absolute atomic E-state index is 0.0187. The van der Waals surface area contributed by atoms with Gasteiger partial charge in [0.15, 0.2) is 17.3 Å². The highest BCUT2D eigenvalue weighted by Gasteiger charge is 2.45. The van der Waals surface area contributed by atoms with Crippen LogP contribution in [0.5, 0.6) is 11.5 Å². The number of para-hydroxylation sites is 2. The number of Topliss-reactive ketones (excluding diaryl/α,β-unsaturated/α-hetero) is 1. The molecule has 0 saturated heterocycles. The lowest BCUT2D eigenvalue weighted by Crippen LogP contribution is -2.06. The van der Waals surface area contributed by atoms with Crippen molar-refractivity contribution in [2.75, 3.05) is 7.11 Å². The van der Waals surface area contributed by atoms with Gasteiger partial charge in [-0.2, -0.15) is 8.78 Å². The Bertz CT molecular complexity index is 937. The molecule has 0 bridgehead atoms. The third kappa shape index (κ3) is 3.00. The molecule has 7 heteroatoms. The van der Waals surface area contributed by atoms with E-state index in [1.165, 1.54) is 13.2 Å². The molecule has 3 aromatic rings. The number of halogens is 2. The fraction of sp³-hybridized carbons (Fsp3) is 0.263. The lowest BCUT2D eigenvalue weighted by molar-refractivity contribution is -0.0512. The number of imidazole rings is 1. The standard InChI is InChI=1S/C19H16F2N2O3/c1-25-16-8-10(6-7-15(16)26-19(20)21)11-9-12(11)17(24)18-22-13-4-2-3-5-14(13)23-18/h2-8,11-12,19H,9H2,1H3,(H,22,23)/t11-,12-/m1/s1. The van der Waals surface area contributed by atoms with Gasteiger partial charge in [-0.1, -0.05) is 18.2 Å². The Hall–Kier alpha value is -2.96. The Morgan fingerprint density at radius 3 is 2.77 bits per heavy atom. The molecule has 26 heavy (non-hydrogen) atoms. The molecule has 1 saturated carbocycles. The smallest absolute Gasteiger partial charge is 0.387 e. The van der Waals surface area contributed by atoms with Crippen molar-refractivity contribution in [1.82, 2.24) is 9.97 Å². The highest BCUT2D eigenvalue weighted by molar-refractivity contribution is 5.99. The number of carbonyl (C=O) groups excluding carboxylic acids is 1. The molecular weight excluding hydrogens is 342 g/mol. The van der Waals surface area contributed by atoms with Gasteiger partial charge >= 0.3 is 6.61 Å². The molecule has 134 valence electrons. The van der Waals surface area contributed by atoms with Crippen molar-refractivity contribution in [2.24, 2.45) is 5.92 Å². The molecule has 1 N–H and O–H groups in total. The molecule has 0 unspecified atom stereocenters. The van der Waals surface area contributed by atoms with Crippen LogP contribution in [-0.2, 0) is 0 Å². The number of benzene rings is 2. The molecule has 0 spiro atoms. The maximum atomic E-state index is 12.7. The number of hydrogen-bond acceptors (Lipinski definition) is 4. The lowest BCUT2D eigenvalue weighted by atomic mass is 10.1. The summed E-state index contributed by atoms with van der Waals surface area (Å²) in [6, 6.07) is 12.2. The zero-order chi connectivity index (χ0) is 18.3. The summed E-state index contributed by atoms with van der Waals surface area (Å²) in [6.45, 7) is -2.92. The number of ether oxygens (including phenoxy) is 2. The topological polar surface area (TPSA) is 64.2 Å². The van der Waals surface area contributed by atoms with Crippen LogP contribution in [-0.4, -0.2) is 29.5 Å². The Morgan fingerprint density at radius 2 is 2.04 bits per heavy atom. The zero-order valence-electron chi connectivity index (χ0n) is 13.9. The summed E-state index contributed by atoms with van der Waals surface area (Å²) in [5, 5.41) is 0. The van der Waals surface area contributed by atoms with Gasteiger partial charge < -0.3 is 14.5 Å².